The second kappa shape index (κ2) is 4.82. The van der Waals surface area contributed by atoms with Crippen molar-refractivity contribution < 1.29 is 9.59 Å². The number of aliphatic imine (C=N–C) groups is 1. The van der Waals surface area contributed by atoms with Gasteiger partial charge >= 0.3 is 0 Å². The maximum atomic E-state index is 11.3. The second-order valence-electron chi connectivity index (χ2n) is 3.48. The number of halogens is 2. The summed E-state index contributed by atoms with van der Waals surface area (Å²) >= 11 is 11.4. The summed E-state index contributed by atoms with van der Waals surface area (Å²) in [4.78, 5) is 26.5. The van der Waals surface area contributed by atoms with Crippen molar-refractivity contribution in [3.63, 3.8) is 0 Å². The number of allylic oxidation sites excluding steroid dienone is 6. The molecule has 5 heteroatoms. The lowest BCUT2D eigenvalue weighted by Crippen LogP contribution is -2.11. The van der Waals surface area contributed by atoms with E-state index >= 15 is 0 Å². The first kappa shape index (κ1) is 12.0. The number of Topliss-reactive ketones (excluding diaryl/α,β-unsaturated/α-hetero) is 1. The highest BCUT2D eigenvalue weighted by atomic mass is 35.5. The van der Waals surface area contributed by atoms with Crippen LogP contribution >= 0.6 is 23.2 Å². The van der Waals surface area contributed by atoms with Crippen LogP contribution in [0, 0.1) is 0 Å². The van der Waals surface area contributed by atoms with Crippen LogP contribution in [0.5, 0.6) is 0 Å². The molecule has 0 unspecified atom stereocenters. The molecule has 0 amide bonds. The Labute approximate surface area is 108 Å². The van der Waals surface area contributed by atoms with Gasteiger partial charge in [-0.05, 0) is 24.3 Å². The van der Waals surface area contributed by atoms with Gasteiger partial charge in [0.1, 0.15) is 0 Å². The van der Waals surface area contributed by atoms with Crippen molar-refractivity contribution in [1.82, 2.24) is 0 Å². The average molecular weight is 268 g/mol. The lowest BCUT2D eigenvalue weighted by molar-refractivity contribution is -0.111. The van der Waals surface area contributed by atoms with Gasteiger partial charge in [0.05, 0.1) is 21.8 Å². The normalized spacial score (nSPS) is 20.5. The van der Waals surface area contributed by atoms with Crippen LogP contribution < -0.4 is 0 Å². The van der Waals surface area contributed by atoms with Crippen molar-refractivity contribution in [2.45, 2.75) is 6.04 Å². The van der Waals surface area contributed by atoms with Crippen molar-refractivity contribution >= 4 is 40.5 Å². The molecule has 0 aliphatic heterocycles. The first-order valence-corrected chi connectivity index (χ1v) is 5.59. The molecular weight excluding hydrogens is 261 g/mol. The van der Waals surface area contributed by atoms with Crippen LogP contribution in [0.3, 0.4) is 0 Å². The van der Waals surface area contributed by atoms with Crippen molar-refractivity contribution in [2.24, 2.45) is 4.99 Å². The summed E-state index contributed by atoms with van der Waals surface area (Å²) in [7, 11) is 0. The number of carbonyl (C=O) groups is 2. The molecule has 3 nitrogen and oxygen atoms in total. The van der Waals surface area contributed by atoms with Gasteiger partial charge in [-0.25, -0.2) is 0 Å². The standard InChI is InChI=1S/C12H7Cl2NO2/c13-10-5-8(6-11(14)12(10)17)15-7-1-3-9(16)4-2-7/h1-7H. The summed E-state index contributed by atoms with van der Waals surface area (Å²) in [5, 5.41) is 0.0761. The van der Waals surface area contributed by atoms with E-state index in [-0.39, 0.29) is 21.9 Å². The fourth-order valence-corrected chi connectivity index (χ4v) is 1.86. The number of hydrogen-bond acceptors (Lipinski definition) is 3. The Morgan fingerprint density at radius 2 is 1.53 bits per heavy atom. The number of hydrogen-bond donors (Lipinski definition) is 0. The highest BCUT2D eigenvalue weighted by Crippen LogP contribution is 2.20. The predicted molar refractivity (Wildman–Crippen MR) is 67.4 cm³/mol. The molecule has 2 rings (SSSR count). The summed E-state index contributed by atoms with van der Waals surface area (Å²) in [6, 6.07) is -0.239. The fourth-order valence-electron chi connectivity index (χ4n) is 1.39. The SMILES string of the molecule is O=C1C=CC(N=C2C=C(Cl)C(=O)C(Cl)=C2)C=C1. The van der Waals surface area contributed by atoms with Gasteiger partial charge in [-0.1, -0.05) is 35.4 Å². The van der Waals surface area contributed by atoms with Crippen LogP contribution in [-0.4, -0.2) is 23.3 Å². The van der Waals surface area contributed by atoms with E-state index in [1.807, 2.05) is 0 Å². The molecule has 0 saturated heterocycles. The van der Waals surface area contributed by atoms with E-state index in [4.69, 9.17) is 23.2 Å². The van der Waals surface area contributed by atoms with Crippen LogP contribution in [0.1, 0.15) is 0 Å². The first-order chi connectivity index (χ1) is 8.06. The predicted octanol–water partition coefficient (Wildman–Crippen LogP) is 2.32. The molecule has 0 aromatic rings. The van der Waals surface area contributed by atoms with Gasteiger partial charge in [-0.3, -0.25) is 14.6 Å². The molecule has 86 valence electrons. The van der Waals surface area contributed by atoms with Crippen molar-refractivity contribution in [3.8, 4) is 0 Å². The summed E-state index contributed by atoms with van der Waals surface area (Å²) in [6.45, 7) is 0. The molecule has 0 aromatic heterocycles. The molecule has 0 spiro atoms. The minimum Gasteiger partial charge on any atom is -0.290 e. The Hall–Kier alpha value is -1.45. The van der Waals surface area contributed by atoms with E-state index in [9.17, 15) is 9.59 Å². The lowest BCUT2D eigenvalue weighted by Gasteiger charge is -2.09. The van der Waals surface area contributed by atoms with Gasteiger partial charge < -0.3 is 0 Å². The zero-order valence-corrected chi connectivity index (χ0v) is 10.1. The molecule has 0 atom stereocenters. The number of ketones is 2. The Balaban J connectivity index is 2.24. The molecule has 0 heterocycles. The van der Waals surface area contributed by atoms with Crippen LogP contribution in [0.25, 0.3) is 0 Å². The van der Waals surface area contributed by atoms with Gasteiger partial charge in [-0.2, -0.15) is 0 Å². The third-order valence-corrected chi connectivity index (χ3v) is 2.76. The molecule has 2 aliphatic carbocycles. The van der Waals surface area contributed by atoms with Crippen molar-refractivity contribution in [2.75, 3.05) is 0 Å². The average Bonchev–Trinajstić information content (AvgIpc) is 2.29. The Bertz CT molecular complexity index is 499. The third-order valence-electron chi connectivity index (χ3n) is 2.20. The minimum atomic E-state index is -0.405. The maximum Gasteiger partial charge on any atom is 0.215 e. The monoisotopic (exact) mass is 267 g/mol. The minimum absolute atomic E-state index is 0.0381. The van der Waals surface area contributed by atoms with Crippen LogP contribution in [-0.2, 0) is 9.59 Å². The third kappa shape index (κ3) is 2.81. The van der Waals surface area contributed by atoms with Gasteiger partial charge in [0.25, 0.3) is 0 Å². The van der Waals surface area contributed by atoms with Crippen LogP contribution in [0.15, 0.2) is 51.5 Å². The van der Waals surface area contributed by atoms with Gasteiger partial charge in [-0.15, -0.1) is 0 Å². The highest BCUT2D eigenvalue weighted by Gasteiger charge is 2.18. The van der Waals surface area contributed by atoms with Crippen molar-refractivity contribution in [1.29, 1.82) is 0 Å². The molecule has 17 heavy (non-hydrogen) atoms. The van der Waals surface area contributed by atoms with Gasteiger partial charge in [0, 0.05) is 0 Å². The molecular formula is C12H7Cl2NO2. The van der Waals surface area contributed by atoms with E-state index in [2.05, 4.69) is 4.99 Å². The zero-order chi connectivity index (χ0) is 12.4. The van der Waals surface area contributed by atoms with Crippen LogP contribution in [0.2, 0.25) is 0 Å². The number of rotatable bonds is 1. The molecule has 0 N–H and O–H groups in total. The molecule has 0 fully saturated rings. The summed E-state index contributed by atoms with van der Waals surface area (Å²) < 4.78 is 0. The largest absolute Gasteiger partial charge is 0.290 e. The zero-order valence-electron chi connectivity index (χ0n) is 8.56. The fraction of sp³-hybridized carbons (Fsp3) is 0.0833. The molecule has 0 saturated carbocycles. The Kier molecular flexibility index (Phi) is 3.41. The summed E-state index contributed by atoms with van der Waals surface area (Å²) in [5.41, 5.74) is 0.508. The molecule has 2 aliphatic rings. The van der Waals surface area contributed by atoms with E-state index in [1.54, 1.807) is 12.2 Å². The lowest BCUT2D eigenvalue weighted by atomic mass is 10.1. The number of nitrogens with zero attached hydrogens (tertiary/aromatic N) is 1. The Morgan fingerprint density at radius 1 is 1.00 bits per heavy atom. The summed E-state index contributed by atoms with van der Waals surface area (Å²) in [5.74, 6) is -0.473. The first-order valence-electron chi connectivity index (χ1n) is 4.83. The summed E-state index contributed by atoms with van der Waals surface area (Å²) in [6.07, 6.45) is 9.12. The second-order valence-corrected chi connectivity index (χ2v) is 4.29. The van der Waals surface area contributed by atoms with E-state index in [0.29, 0.717) is 5.71 Å². The maximum absolute atomic E-state index is 11.3. The van der Waals surface area contributed by atoms with Crippen molar-refractivity contribution in [3.05, 3.63) is 46.5 Å². The van der Waals surface area contributed by atoms with E-state index < -0.39 is 5.78 Å². The quantitative estimate of drug-likeness (QED) is 0.685. The van der Waals surface area contributed by atoms with E-state index in [1.165, 1.54) is 24.3 Å². The Morgan fingerprint density at radius 3 is 2.06 bits per heavy atom. The molecule has 0 radical (unpaired) electrons. The van der Waals surface area contributed by atoms with Gasteiger partial charge in [0.2, 0.25) is 5.78 Å². The smallest absolute Gasteiger partial charge is 0.215 e. The van der Waals surface area contributed by atoms with Crippen LogP contribution in [0.4, 0.5) is 0 Å². The number of carbonyl (C=O) groups excluding carboxylic acids is 2. The topological polar surface area (TPSA) is 46.5 Å². The highest BCUT2D eigenvalue weighted by molar-refractivity contribution is 6.57. The van der Waals surface area contributed by atoms with E-state index in [0.717, 1.165) is 0 Å². The molecule has 0 aromatic carbocycles. The molecule has 0 bridgehead atoms. The van der Waals surface area contributed by atoms with Gasteiger partial charge in [0.15, 0.2) is 5.78 Å².